The van der Waals surface area contributed by atoms with Gasteiger partial charge in [0.1, 0.15) is 17.2 Å². The van der Waals surface area contributed by atoms with Gasteiger partial charge in [-0.2, -0.15) is 0 Å². The molecule has 110 valence electrons. The van der Waals surface area contributed by atoms with Crippen molar-refractivity contribution in [3.8, 4) is 0 Å². The molecule has 21 heavy (non-hydrogen) atoms. The Labute approximate surface area is 122 Å². The second-order valence-electron chi connectivity index (χ2n) is 4.47. The van der Waals surface area contributed by atoms with Crippen LogP contribution in [0.1, 0.15) is 12.5 Å². The highest BCUT2D eigenvalue weighted by Crippen LogP contribution is 2.32. The molecule has 0 amide bonds. The Bertz CT molecular complexity index is 629. The van der Waals surface area contributed by atoms with E-state index in [0.29, 0.717) is 24.5 Å². The number of nitro benzene ring substituents is 1. The first-order chi connectivity index (χ1) is 10.1. The van der Waals surface area contributed by atoms with E-state index < -0.39 is 4.92 Å². The zero-order valence-electron chi connectivity index (χ0n) is 11.6. The average molecular weight is 289 g/mol. The topological polar surface area (TPSA) is 67.2 Å². The van der Waals surface area contributed by atoms with Gasteiger partial charge >= 0.3 is 5.69 Å². The molecule has 0 aliphatic carbocycles. The molecule has 6 heteroatoms. The molecule has 0 aromatic heterocycles. The van der Waals surface area contributed by atoms with E-state index in [-0.39, 0.29) is 11.5 Å². The van der Waals surface area contributed by atoms with Crippen LogP contribution in [0.15, 0.2) is 42.5 Å². The highest BCUT2D eigenvalue weighted by atomic mass is 19.1. The third-order valence-electron chi connectivity index (χ3n) is 2.98. The molecule has 0 saturated carbocycles. The van der Waals surface area contributed by atoms with Gasteiger partial charge in [0.15, 0.2) is 0 Å². The maximum atomic E-state index is 12.8. The molecule has 0 saturated heterocycles. The number of hydrogen-bond acceptors (Lipinski definition) is 4. The van der Waals surface area contributed by atoms with Gasteiger partial charge in [0.05, 0.1) is 4.92 Å². The van der Waals surface area contributed by atoms with Crippen molar-refractivity contribution < 1.29 is 9.31 Å². The third kappa shape index (κ3) is 3.68. The zero-order valence-corrected chi connectivity index (χ0v) is 11.6. The minimum Gasteiger partial charge on any atom is -0.380 e. The Hall–Kier alpha value is -2.63. The predicted octanol–water partition coefficient (Wildman–Crippen LogP) is 3.78. The Morgan fingerprint density at radius 2 is 1.71 bits per heavy atom. The van der Waals surface area contributed by atoms with Crippen molar-refractivity contribution in [3.05, 3.63) is 64.0 Å². The molecule has 0 unspecified atom stereocenters. The second-order valence-corrected chi connectivity index (χ2v) is 4.47. The molecule has 0 spiro atoms. The maximum Gasteiger partial charge on any atom is 0.315 e. The van der Waals surface area contributed by atoms with Crippen LogP contribution in [0.25, 0.3) is 0 Å². The zero-order chi connectivity index (χ0) is 15.2. The Kier molecular flexibility index (Phi) is 4.71. The van der Waals surface area contributed by atoms with Crippen LogP contribution in [-0.2, 0) is 6.54 Å². The van der Waals surface area contributed by atoms with Crippen LogP contribution >= 0.6 is 0 Å². The third-order valence-corrected chi connectivity index (χ3v) is 2.98. The molecule has 0 heterocycles. The lowest BCUT2D eigenvalue weighted by Gasteiger charge is -2.11. The molecule has 2 rings (SSSR count). The van der Waals surface area contributed by atoms with E-state index in [4.69, 9.17) is 0 Å². The normalized spacial score (nSPS) is 10.2. The van der Waals surface area contributed by atoms with Gasteiger partial charge in [0.25, 0.3) is 0 Å². The maximum absolute atomic E-state index is 12.8. The summed E-state index contributed by atoms with van der Waals surface area (Å²) in [7, 11) is 0. The van der Waals surface area contributed by atoms with E-state index >= 15 is 0 Å². The first-order valence-electron chi connectivity index (χ1n) is 6.61. The summed E-state index contributed by atoms with van der Waals surface area (Å²) in [6.07, 6.45) is 0. The minimum absolute atomic E-state index is 0.0152. The van der Waals surface area contributed by atoms with Crippen LogP contribution in [0.2, 0.25) is 0 Å². The number of anilines is 2. The second kappa shape index (κ2) is 6.69. The van der Waals surface area contributed by atoms with Crippen molar-refractivity contribution in [3.63, 3.8) is 0 Å². The number of rotatable bonds is 6. The van der Waals surface area contributed by atoms with E-state index in [2.05, 4.69) is 10.6 Å². The van der Waals surface area contributed by atoms with Crippen molar-refractivity contribution >= 4 is 17.1 Å². The van der Waals surface area contributed by atoms with Crippen molar-refractivity contribution in [1.29, 1.82) is 0 Å². The molecule has 0 atom stereocenters. The summed E-state index contributed by atoms with van der Waals surface area (Å²) in [6.45, 7) is 2.86. The van der Waals surface area contributed by atoms with Crippen LogP contribution in [0.4, 0.5) is 21.5 Å². The van der Waals surface area contributed by atoms with Crippen molar-refractivity contribution in [2.75, 3.05) is 17.2 Å². The number of nitro groups is 1. The van der Waals surface area contributed by atoms with Gasteiger partial charge in [0.2, 0.25) is 0 Å². The molecule has 0 fully saturated rings. The number of benzene rings is 2. The van der Waals surface area contributed by atoms with Crippen molar-refractivity contribution in [1.82, 2.24) is 0 Å². The fraction of sp³-hybridized carbons (Fsp3) is 0.200. The van der Waals surface area contributed by atoms with Crippen LogP contribution in [0.5, 0.6) is 0 Å². The Balaban J connectivity index is 2.21. The number of hydrogen-bond donors (Lipinski definition) is 2. The summed E-state index contributed by atoms with van der Waals surface area (Å²) in [6, 6.07) is 11.1. The van der Waals surface area contributed by atoms with Gasteiger partial charge in [-0.05, 0) is 36.8 Å². The number of nitrogens with one attached hydrogen (secondary N) is 2. The Morgan fingerprint density at radius 3 is 2.29 bits per heavy atom. The van der Waals surface area contributed by atoms with Gasteiger partial charge in [-0.1, -0.05) is 18.2 Å². The first-order valence-corrected chi connectivity index (χ1v) is 6.61. The molecule has 2 aromatic carbocycles. The van der Waals surface area contributed by atoms with Gasteiger partial charge in [0, 0.05) is 13.1 Å². The molecule has 0 radical (unpaired) electrons. The first kappa shape index (κ1) is 14.8. The van der Waals surface area contributed by atoms with E-state index in [0.717, 1.165) is 5.56 Å². The molecule has 5 nitrogen and oxygen atoms in total. The van der Waals surface area contributed by atoms with Crippen molar-refractivity contribution in [2.45, 2.75) is 13.5 Å². The van der Waals surface area contributed by atoms with E-state index in [1.165, 1.54) is 12.1 Å². The number of halogens is 1. The summed E-state index contributed by atoms with van der Waals surface area (Å²) in [5, 5.41) is 17.2. The van der Waals surface area contributed by atoms with Crippen LogP contribution in [0, 0.1) is 15.9 Å². The van der Waals surface area contributed by atoms with E-state index in [1.807, 2.05) is 6.92 Å². The molecular formula is C15H16FN3O2. The largest absolute Gasteiger partial charge is 0.380 e. The quantitative estimate of drug-likeness (QED) is 0.627. The minimum atomic E-state index is -0.412. The summed E-state index contributed by atoms with van der Waals surface area (Å²) >= 11 is 0. The van der Waals surface area contributed by atoms with Crippen LogP contribution in [-0.4, -0.2) is 11.5 Å². The summed E-state index contributed by atoms with van der Waals surface area (Å²) in [5.41, 5.74) is 1.77. The predicted molar refractivity (Wildman–Crippen MR) is 81.0 cm³/mol. The number of para-hydroxylation sites is 1. The summed E-state index contributed by atoms with van der Waals surface area (Å²) < 4.78 is 12.8. The van der Waals surface area contributed by atoms with E-state index in [9.17, 15) is 14.5 Å². The SMILES string of the molecule is CCNc1cccc(NCc2ccc(F)cc2)c1[N+](=O)[O-]. The highest BCUT2D eigenvalue weighted by molar-refractivity contribution is 5.76. The van der Waals surface area contributed by atoms with Gasteiger partial charge in [-0.3, -0.25) is 10.1 Å². The van der Waals surface area contributed by atoms with Crippen LogP contribution < -0.4 is 10.6 Å². The molecule has 0 aliphatic heterocycles. The standard InChI is InChI=1S/C15H16FN3O2/c1-2-17-13-4-3-5-14(15(13)19(20)21)18-10-11-6-8-12(16)9-7-11/h3-9,17-18H,2,10H2,1H3. The highest BCUT2D eigenvalue weighted by Gasteiger charge is 2.18. The van der Waals surface area contributed by atoms with Crippen molar-refractivity contribution in [2.24, 2.45) is 0 Å². The lowest BCUT2D eigenvalue weighted by atomic mass is 10.2. The fourth-order valence-corrected chi connectivity index (χ4v) is 2.02. The molecule has 0 bridgehead atoms. The monoisotopic (exact) mass is 289 g/mol. The molecule has 2 aromatic rings. The average Bonchev–Trinajstić information content (AvgIpc) is 2.47. The fourth-order valence-electron chi connectivity index (χ4n) is 2.02. The van der Waals surface area contributed by atoms with Gasteiger partial charge < -0.3 is 10.6 Å². The molecular weight excluding hydrogens is 273 g/mol. The molecule has 0 aliphatic rings. The lowest BCUT2D eigenvalue weighted by molar-refractivity contribution is -0.383. The molecule has 2 N–H and O–H groups in total. The lowest BCUT2D eigenvalue weighted by Crippen LogP contribution is -2.06. The van der Waals surface area contributed by atoms with Crippen LogP contribution in [0.3, 0.4) is 0 Å². The van der Waals surface area contributed by atoms with E-state index in [1.54, 1.807) is 30.3 Å². The van der Waals surface area contributed by atoms with Gasteiger partial charge in [-0.15, -0.1) is 0 Å². The Morgan fingerprint density at radius 1 is 1.10 bits per heavy atom. The summed E-state index contributed by atoms with van der Waals surface area (Å²) in [4.78, 5) is 10.8. The number of nitrogens with zero attached hydrogens (tertiary/aromatic N) is 1. The summed E-state index contributed by atoms with van der Waals surface area (Å²) in [5.74, 6) is -0.307. The van der Waals surface area contributed by atoms with Gasteiger partial charge in [-0.25, -0.2) is 4.39 Å². The smallest absolute Gasteiger partial charge is 0.315 e.